The van der Waals surface area contributed by atoms with Crippen LogP contribution < -0.4 is 0 Å². The fourth-order valence-corrected chi connectivity index (χ4v) is 3.39. The highest BCUT2D eigenvalue weighted by atomic mass is 16.5. The molecule has 24 heavy (non-hydrogen) atoms. The minimum Gasteiger partial charge on any atom is -0.387 e. The van der Waals surface area contributed by atoms with Crippen molar-refractivity contribution in [3.8, 4) is 0 Å². The number of hydrogen-bond acceptors (Lipinski definition) is 3. The number of piperidine rings is 1. The lowest BCUT2D eigenvalue weighted by Gasteiger charge is -2.38. The van der Waals surface area contributed by atoms with E-state index >= 15 is 0 Å². The van der Waals surface area contributed by atoms with Gasteiger partial charge in [-0.1, -0.05) is 38.1 Å². The van der Waals surface area contributed by atoms with E-state index in [9.17, 15) is 9.90 Å². The largest absolute Gasteiger partial charge is 0.387 e. The van der Waals surface area contributed by atoms with Crippen molar-refractivity contribution in [2.24, 2.45) is 5.92 Å². The molecule has 1 heterocycles. The van der Waals surface area contributed by atoms with Gasteiger partial charge in [0.1, 0.15) is 0 Å². The second kappa shape index (κ2) is 8.13. The van der Waals surface area contributed by atoms with Crippen molar-refractivity contribution >= 4 is 5.91 Å². The van der Waals surface area contributed by atoms with Gasteiger partial charge in [-0.05, 0) is 43.2 Å². The molecule has 0 unspecified atom stereocenters. The lowest BCUT2D eigenvalue weighted by molar-refractivity contribution is -0.138. The minimum absolute atomic E-state index is 0.145. The van der Waals surface area contributed by atoms with Gasteiger partial charge in [0, 0.05) is 20.2 Å². The first-order valence-electron chi connectivity index (χ1n) is 8.93. The molecular weight excluding hydrogens is 302 g/mol. The molecule has 1 aromatic rings. The highest BCUT2D eigenvalue weighted by Gasteiger charge is 2.35. The van der Waals surface area contributed by atoms with Gasteiger partial charge in [-0.3, -0.25) is 4.79 Å². The fraction of sp³-hybridized carbons (Fsp3) is 0.650. The van der Waals surface area contributed by atoms with Gasteiger partial charge in [-0.15, -0.1) is 0 Å². The van der Waals surface area contributed by atoms with Gasteiger partial charge in [0.05, 0.1) is 18.1 Å². The van der Waals surface area contributed by atoms with Gasteiger partial charge in [-0.25, -0.2) is 0 Å². The standard InChI is InChI=1S/C20H31NO3/c1-15(2)13-17-5-7-18(8-6-17)16(3)19(22)21-11-9-20(23,10-12-21)14-24-4/h5-8,15-16,23H,9-14H2,1-4H3/t16-/m0/s1. The third-order valence-electron chi connectivity index (χ3n) is 4.91. The monoisotopic (exact) mass is 333 g/mol. The van der Waals surface area contributed by atoms with Crippen LogP contribution >= 0.6 is 0 Å². The molecule has 134 valence electrons. The highest BCUT2D eigenvalue weighted by molar-refractivity contribution is 5.83. The van der Waals surface area contributed by atoms with E-state index in [2.05, 4.69) is 38.1 Å². The number of methoxy groups -OCH3 is 1. The molecule has 1 fully saturated rings. The summed E-state index contributed by atoms with van der Waals surface area (Å²) in [6.45, 7) is 7.91. The van der Waals surface area contributed by atoms with Gasteiger partial charge < -0.3 is 14.7 Å². The molecule has 1 N–H and O–H groups in total. The summed E-state index contributed by atoms with van der Waals surface area (Å²) >= 11 is 0. The SMILES string of the molecule is COCC1(O)CCN(C(=O)[C@@H](C)c2ccc(CC(C)C)cc2)CC1. The molecule has 2 rings (SSSR count). The Morgan fingerprint density at radius 1 is 1.21 bits per heavy atom. The average molecular weight is 333 g/mol. The molecule has 1 aromatic carbocycles. The summed E-state index contributed by atoms with van der Waals surface area (Å²) in [5, 5.41) is 10.4. The molecule has 0 radical (unpaired) electrons. The normalized spacial score (nSPS) is 18.7. The Hall–Kier alpha value is -1.39. The van der Waals surface area contributed by atoms with Crippen molar-refractivity contribution in [2.75, 3.05) is 26.8 Å². The zero-order chi connectivity index (χ0) is 17.7. The Bertz CT molecular complexity index is 530. The molecule has 1 aliphatic rings. The van der Waals surface area contributed by atoms with E-state index in [0.29, 0.717) is 38.5 Å². The molecule has 0 aliphatic carbocycles. The van der Waals surface area contributed by atoms with Crippen LogP contribution in [-0.4, -0.2) is 48.3 Å². The summed E-state index contributed by atoms with van der Waals surface area (Å²) < 4.78 is 5.08. The lowest BCUT2D eigenvalue weighted by Crippen LogP contribution is -2.49. The smallest absolute Gasteiger partial charge is 0.229 e. The topological polar surface area (TPSA) is 49.8 Å². The summed E-state index contributed by atoms with van der Waals surface area (Å²) in [7, 11) is 1.60. The van der Waals surface area contributed by atoms with Crippen LogP contribution in [0.25, 0.3) is 0 Å². The number of aliphatic hydroxyl groups is 1. The average Bonchev–Trinajstić information content (AvgIpc) is 2.54. The first-order chi connectivity index (χ1) is 11.3. The Morgan fingerprint density at radius 2 is 1.79 bits per heavy atom. The maximum absolute atomic E-state index is 12.7. The first kappa shape index (κ1) is 18.9. The number of ether oxygens (including phenoxy) is 1. The van der Waals surface area contributed by atoms with Crippen molar-refractivity contribution in [2.45, 2.75) is 51.6 Å². The molecule has 0 saturated carbocycles. The van der Waals surface area contributed by atoms with Crippen molar-refractivity contribution in [3.05, 3.63) is 35.4 Å². The zero-order valence-electron chi connectivity index (χ0n) is 15.4. The highest BCUT2D eigenvalue weighted by Crippen LogP contribution is 2.26. The van der Waals surface area contributed by atoms with E-state index in [-0.39, 0.29) is 11.8 Å². The summed E-state index contributed by atoms with van der Waals surface area (Å²) in [5.41, 5.74) is 1.59. The van der Waals surface area contributed by atoms with E-state index in [1.807, 2.05) is 11.8 Å². The van der Waals surface area contributed by atoms with E-state index in [4.69, 9.17) is 4.74 Å². The number of benzene rings is 1. The molecule has 1 amide bonds. The molecule has 0 aromatic heterocycles. The lowest BCUT2D eigenvalue weighted by atomic mass is 9.90. The number of likely N-dealkylation sites (tertiary alicyclic amines) is 1. The van der Waals surface area contributed by atoms with Crippen molar-refractivity contribution < 1.29 is 14.6 Å². The van der Waals surface area contributed by atoms with Crippen LogP contribution in [0.4, 0.5) is 0 Å². The van der Waals surface area contributed by atoms with Gasteiger partial charge in [0.25, 0.3) is 0 Å². The van der Waals surface area contributed by atoms with Crippen molar-refractivity contribution in [1.82, 2.24) is 4.90 Å². The molecular formula is C20H31NO3. The van der Waals surface area contributed by atoms with Crippen LogP contribution in [0, 0.1) is 5.92 Å². The molecule has 1 saturated heterocycles. The predicted octanol–water partition coefficient (Wildman–Crippen LogP) is 2.99. The second-order valence-electron chi connectivity index (χ2n) is 7.54. The third-order valence-corrected chi connectivity index (χ3v) is 4.91. The molecule has 0 spiro atoms. The van der Waals surface area contributed by atoms with Gasteiger partial charge in [0.2, 0.25) is 5.91 Å². The van der Waals surface area contributed by atoms with Crippen LogP contribution in [0.2, 0.25) is 0 Å². The minimum atomic E-state index is -0.784. The number of hydrogen-bond donors (Lipinski definition) is 1. The third kappa shape index (κ3) is 4.81. The molecule has 1 aliphatic heterocycles. The maximum atomic E-state index is 12.7. The van der Waals surface area contributed by atoms with Crippen LogP contribution in [0.3, 0.4) is 0 Å². The summed E-state index contributed by atoms with van der Waals surface area (Å²) in [6, 6.07) is 8.41. The van der Waals surface area contributed by atoms with Crippen LogP contribution in [0.5, 0.6) is 0 Å². The molecule has 4 heteroatoms. The summed E-state index contributed by atoms with van der Waals surface area (Å²) in [4.78, 5) is 14.6. The Morgan fingerprint density at radius 3 is 2.29 bits per heavy atom. The summed E-state index contributed by atoms with van der Waals surface area (Å²) in [5.74, 6) is 0.631. The summed E-state index contributed by atoms with van der Waals surface area (Å²) in [6.07, 6.45) is 2.21. The van der Waals surface area contributed by atoms with Crippen LogP contribution in [0.15, 0.2) is 24.3 Å². The van der Waals surface area contributed by atoms with E-state index in [1.165, 1.54) is 5.56 Å². The van der Waals surface area contributed by atoms with Crippen molar-refractivity contribution in [3.63, 3.8) is 0 Å². The zero-order valence-corrected chi connectivity index (χ0v) is 15.4. The second-order valence-corrected chi connectivity index (χ2v) is 7.54. The number of carbonyl (C=O) groups excluding carboxylic acids is 1. The number of nitrogens with zero attached hydrogens (tertiary/aromatic N) is 1. The maximum Gasteiger partial charge on any atom is 0.229 e. The van der Waals surface area contributed by atoms with Gasteiger partial charge in [-0.2, -0.15) is 0 Å². The fourth-order valence-electron chi connectivity index (χ4n) is 3.39. The Labute approximate surface area is 145 Å². The van der Waals surface area contributed by atoms with Gasteiger partial charge >= 0.3 is 0 Å². The molecule has 0 bridgehead atoms. The number of amides is 1. The predicted molar refractivity (Wildman–Crippen MR) is 96.0 cm³/mol. The van der Waals surface area contributed by atoms with Crippen LogP contribution in [0.1, 0.15) is 50.7 Å². The van der Waals surface area contributed by atoms with E-state index in [0.717, 1.165) is 12.0 Å². The molecule has 1 atom stereocenters. The first-order valence-corrected chi connectivity index (χ1v) is 8.93. The quantitative estimate of drug-likeness (QED) is 0.871. The Balaban J connectivity index is 1.95. The molecule has 4 nitrogen and oxygen atoms in total. The van der Waals surface area contributed by atoms with Crippen LogP contribution in [-0.2, 0) is 16.0 Å². The van der Waals surface area contributed by atoms with Gasteiger partial charge in [0.15, 0.2) is 0 Å². The van der Waals surface area contributed by atoms with E-state index in [1.54, 1.807) is 7.11 Å². The number of carbonyl (C=O) groups is 1. The van der Waals surface area contributed by atoms with Crippen molar-refractivity contribution in [1.29, 1.82) is 0 Å². The Kier molecular flexibility index (Phi) is 6.41. The number of rotatable bonds is 6. The van der Waals surface area contributed by atoms with E-state index < -0.39 is 5.60 Å².